The molecule has 1 saturated heterocycles. The molecule has 1 aliphatic rings. The molecule has 4 nitrogen and oxygen atoms in total. The van der Waals surface area contributed by atoms with Crippen molar-refractivity contribution in [3.05, 3.63) is 15.6 Å². The molecule has 0 aliphatic carbocycles. The molecule has 20 heavy (non-hydrogen) atoms. The number of thiazole rings is 1. The molecule has 2 rings (SSSR count). The van der Waals surface area contributed by atoms with E-state index >= 15 is 0 Å². The summed E-state index contributed by atoms with van der Waals surface area (Å²) in [5, 5.41) is 4.43. The number of aryl methyl sites for hydroxylation is 1. The molecule has 0 atom stereocenters. The van der Waals surface area contributed by atoms with Gasteiger partial charge in [0.2, 0.25) is 0 Å². The first kappa shape index (κ1) is 15.4. The first-order chi connectivity index (χ1) is 9.35. The lowest BCUT2D eigenvalue weighted by Gasteiger charge is -2.21. The Balaban J connectivity index is 2.03. The molecule has 0 bridgehead atoms. The predicted molar refractivity (Wildman–Crippen MR) is 81.3 cm³/mol. The average molecular weight is 296 g/mol. The highest BCUT2D eigenvalue weighted by molar-refractivity contribution is 7.13. The van der Waals surface area contributed by atoms with E-state index < -0.39 is 5.60 Å². The quantitative estimate of drug-likeness (QED) is 0.871. The number of carbonyl (C=O) groups excluding carboxylic acids is 1. The zero-order valence-corrected chi connectivity index (χ0v) is 13.6. The Morgan fingerprint density at radius 2 is 2.05 bits per heavy atom. The fourth-order valence-electron chi connectivity index (χ4n) is 2.39. The second-order valence-electron chi connectivity index (χ2n) is 6.42. The van der Waals surface area contributed by atoms with Gasteiger partial charge in [-0.25, -0.2) is 9.78 Å². The topological polar surface area (TPSA) is 51.2 Å². The van der Waals surface area contributed by atoms with E-state index in [1.807, 2.05) is 27.7 Å². The van der Waals surface area contributed by atoms with Crippen LogP contribution in [0.3, 0.4) is 0 Å². The maximum atomic E-state index is 12.1. The van der Waals surface area contributed by atoms with Crippen LogP contribution in [0.1, 0.15) is 54.0 Å². The molecule has 1 aliphatic heterocycles. The van der Waals surface area contributed by atoms with Crippen LogP contribution < -0.4 is 5.32 Å². The lowest BCUT2D eigenvalue weighted by Crippen LogP contribution is -2.28. The van der Waals surface area contributed by atoms with Gasteiger partial charge in [-0.15, -0.1) is 11.3 Å². The summed E-state index contributed by atoms with van der Waals surface area (Å²) >= 11 is 1.50. The smallest absolute Gasteiger partial charge is 0.350 e. The van der Waals surface area contributed by atoms with Crippen LogP contribution >= 0.6 is 11.3 Å². The highest BCUT2D eigenvalue weighted by Crippen LogP contribution is 2.25. The van der Waals surface area contributed by atoms with Gasteiger partial charge in [-0.05, 0) is 59.5 Å². The normalized spacial score (nSPS) is 17.2. The fourth-order valence-corrected chi connectivity index (χ4v) is 3.44. The van der Waals surface area contributed by atoms with Crippen LogP contribution in [0, 0.1) is 12.8 Å². The average Bonchev–Trinajstić information content (AvgIpc) is 2.69. The SMILES string of the molecule is Cc1nc(CC2CCNCC2)sc1C(=O)OC(C)(C)C. The van der Waals surface area contributed by atoms with Crippen LogP contribution in [-0.4, -0.2) is 29.6 Å². The Morgan fingerprint density at radius 1 is 1.40 bits per heavy atom. The second kappa shape index (κ2) is 6.22. The maximum Gasteiger partial charge on any atom is 0.350 e. The van der Waals surface area contributed by atoms with Gasteiger partial charge < -0.3 is 10.1 Å². The molecular weight excluding hydrogens is 272 g/mol. The summed E-state index contributed by atoms with van der Waals surface area (Å²) in [5.74, 6) is 0.442. The van der Waals surface area contributed by atoms with E-state index in [1.54, 1.807) is 0 Å². The van der Waals surface area contributed by atoms with E-state index in [1.165, 1.54) is 24.2 Å². The number of carbonyl (C=O) groups is 1. The first-order valence-corrected chi connectivity index (χ1v) is 8.07. The van der Waals surface area contributed by atoms with Gasteiger partial charge in [0.05, 0.1) is 10.7 Å². The minimum Gasteiger partial charge on any atom is -0.456 e. The summed E-state index contributed by atoms with van der Waals surface area (Å²) in [4.78, 5) is 17.3. The Kier molecular flexibility index (Phi) is 4.81. The molecule has 112 valence electrons. The van der Waals surface area contributed by atoms with E-state index in [0.29, 0.717) is 10.8 Å². The van der Waals surface area contributed by atoms with Gasteiger partial charge in [0.25, 0.3) is 0 Å². The van der Waals surface area contributed by atoms with Crippen LogP contribution in [0.25, 0.3) is 0 Å². The number of ether oxygens (including phenoxy) is 1. The van der Waals surface area contributed by atoms with Crippen LogP contribution in [0.5, 0.6) is 0 Å². The second-order valence-corrected chi connectivity index (χ2v) is 7.51. The molecule has 0 radical (unpaired) electrons. The standard InChI is InChI=1S/C15H24N2O2S/c1-10-13(14(18)19-15(2,3)4)20-12(17-10)9-11-5-7-16-8-6-11/h11,16H,5-9H2,1-4H3. The van der Waals surface area contributed by atoms with E-state index in [9.17, 15) is 4.79 Å². The Hall–Kier alpha value is -0.940. The molecule has 1 aromatic rings. The van der Waals surface area contributed by atoms with Crippen molar-refractivity contribution in [2.75, 3.05) is 13.1 Å². The number of nitrogens with zero attached hydrogens (tertiary/aromatic N) is 1. The Bertz CT molecular complexity index is 471. The van der Waals surface area contributed by atoms with E-state index in [2.05, 4.69) is 10.3 Å². The molecule has 5 heteroatoms. The first-order valence-electron chi connectivity index (χ1n) is 7.25. The summed E-state index contributed by atoms with van der Waals surface area (Å²) in [6, 6.07) is 0. The summed E-state index contributed by atoms with van der Waals surface area (Å²) < 4.78 is 5.43. The van der Waals surface area contributed by atoms with Crippen molar-refractivity contribution in [1.82, 2.24) is 10.3 Å². The minimum atomic E-state index is -0.456. The van der Waals surface area contributed by atoms with Crippen molar-refractivity contribution in [3.8, 4) is 0 Å². The third-order valence-electron chi connectivity index (χ3n) is 3.35. The van der Waals surface area contributed by atoms with E-state index in [0.717, 1.165) is 30.2 Å². The monoisotopic (exact) mass is 296 g/mol. The van der Waals surface area contributed by atoms with Gasteiger partial charge in [-0.1, -0.05) is 0 Å². The number of hydrogen-bond donors (Lipinski definition) is 1. The molecule has 0 amide bonds. The lowest BCUT2D eigenvalue weighted by molar-refractivity contribution is 0.00742. The van der Waals surface area contributed by atoms with Crippen molar-refractivity contribution < 1.29 is 9.53 Å². The van der Waals surface area contributed by atoms with Crippen molar-refractivity contribution >= 4 is 17.3 Å². The van der Waals surface area contributed by atoms with Gasteiger partial charge in [0.15, 0.2) is 0 Å². The summed E-state index contributed by atoms with van der Waals surface area (Å²) in [6.45, 7) is 9.73. The van der Waals surface area contributed by atoms with Crippen molar-refractivity contribution in [2.45, 2.75) is 52.6 Å². The molecule has 1 N–H and O–H groups in total. The molecule has 1 aromatic heterocycles. The van der Waals surface area contributed by atoms with Gasteiger partial charge in [-0.2, -0.15) is 0 Å². The van der Waals surface area contributed by atoms with Crippen LogP contribution in [0.15, 0.2) is 0 Å². The third-order valence-corrected chi connectivity index (χ3v) is 4.51. The maximum absolute atomic E-state index is 12.1. The molecule has 2 heterocycles. The minimum absolute atomic E-state index is 0.246. The Labute approximate surface area is 124 Å². The number of aromatic nitrogens is 1. The number of hydrogen-bond acceptors (Lipinski definition) is 5. The van der Waals surface area contributed by atoms with Crippen molar-refractivity contribution in [2.24, 2.45) is 5.92 Å². The molecule has 1 fully saturated rings. The van der Waals surface area contributed by atoms with Gasteiger partial charge in [0, 0.05) is 6.42 Å². The largest absolute Gasteiger partial charge is 0.456 e. The van der Waals surface area contributed by atoms with Crippen LogP contribution in [-0.2, 0) is 11.2 Å². The molecule has 0 unspecified atom stereocenters. The van der Waals surface area contributed by atoms with E-state index in [-0.39, 0.29) is 5.97 Å². The number of esters is 1. The number of rotatable bonds is 3. The summed E-state index contributed by atoms with van der Waals surface area (Å²) in [5.41, 5.74) is 0.344. The molecule has 0 aromatic carbocycles. The predicted octanol–water partition coefficient (Wildman–Crippen LogP) is 2.95. The van der Waals surface area contributed by atoms with Gasteiger partial charge in [0.1, 0.15) is 10.5 Å². The zero-order valence-electron chi connectivity index (χ0n) is 12.8. The van der Waals surface area contributed by atoms with E-state index in [4.69, 9.17) is 4.74 Å². The summed E-state index contributed by atoms with van der Waals surface area (Å²) in [7, 11) is 0. The molecule has 0 saturated carbocycles. The van der Waals surface area contributed by atoms with Crippen molar-refractivity contribution in [3.63, 3.8) is 0 Å². The van der Waals surface area contributed by atoms with Crippen LogP contribution in [0.4, 0.5) is 0 Å². The molecule has 0 spiro atoms. The van der Waals surface area contributed by atoms with Gasteiger partial charge >= 0.3 is 5.97 Å². The Morgan fingerprint density at radius 3 is 2.65 bits per heavy atom. The van der Waals surface area contributed by atoms with Crippen molar-refractivity contribution in [1.29, 1.82) is 0 Å². The number of piperidine rings is 1. The highest BCUT2D eigenvalue weighted by atomic mass is 32.1. The molecular formula is C15H24N2O2S. The van der Waals surface area contributed by atoms with Crippen LogP contribution in [0.2, 0.25) is 0 Å². The third kappa shape index (κ3) is 4.28. The fraction of sp³-hybridized carbons (Fsp3) is 0.733. The lowest BCUT2D eigenvalue weighted by atomic mass is 9.95. The zero-order chi connectivity index (χ0) is 14.8. The van der Waals surface area contributed by atoms with Gasteiger partial charge in [-0.3, -0.25) is 0 Å². The highest BCUT2D eigenvalue weighted by Gasteiger charge is 2.23. The summed E-state index contributed by atoms with van der Waals surface area (Å²) in [6.07, 6.45) is 3.37. The number of nitrogens with one attached hydrogen (secondary N) is 1.